The maximum Gasteiger partial charge on any atom is 0.146 e. The standard InChI is InChI=1S/C15H24N4/c16-8-15-18-17-9-19(15)2-1-14-12-4-10-3-11(6-12)7-13(14)5-10/h9-14H,1-8,16H2. The molecule has 1 heterocycles. The van der Waals surface area contributed by atoms with Gasteiger partial charge in [0.25, 0.3) is 0 Å². The molecule has 0 amide bonds. The van der Waals surface area contributed by atoms with Crippen LogP contribution in [0, 0.1) is 29.6 Å². The van der Waals surface area contributed by atoms with E-state index in [9.17, 15) is 0 Å². The first-order valence-electron chi connectivity index (χ1n) is 7.90. The van der Waals surface area contributed by atoms with Gasteiger partial charge in [-0.15, -0.1) is 10.2 Å². The van der Waals surface area contributed by atoms with Gasteiger partial charge >= 0.3 is 0 Å². The van der Waals surface area contributed by atoms with Crippen LogP contribution in [0.2, 0.25) is 0 Å². The monoisotopic (exact) mass is 260 g/mol. The summed E-state index contributed by atoms with van der Waals surface area (Å²) < 4.78 is 2.16. The van der Waals surface area contributed by atoms with Crippen molar-refractivity contribution in [2.75, 3.05) is 0 Å². The Kier molecular flexibility index (Phi) is 2.87. The van der Waals surface area contributed by atoms with Crippen LogP contribution in [0.15, 0.2) is 6.33 Å². The van der Waals surface area contributed by atoms with Gasteiger partial charge in [-0.05, 0) is 68.1 Å². The van der Waals surface area contributed by atoms with Crippen molar-refractivity contribution >= 4 is 0 Å². The molecule has 4 aliphatic carbocycles. The van der Waals surface area contributed by atoms with Crippen LogP contribution in [0.5, 0.6) is 0 Å². The topological polar surface area (TPSA) is 56.7 Å². The van der Waals surface area contributed by atoms with Crippen molar-refractivity contribution in [1.29, 1.82) is 0 Å². The minimum absolute atomic E-state index is 0.502. The van der Waals surface area contributed by atoms with E-state index in [2.05, 4.69) is 14.8 Å². The van der Waals surface area contributed by atoms with E-state index in [0.29, 0.717) is 6.54 Å². The Morgan fingerprint density at radius 1 is 1.11 bits per heavy atom. The smallest absolute Gasteiger partial charge is 0.146 e. The molecule has 0 spiro atoms. The summed E-state index contributed by atoms with van der Waals surface area (Å²) >= 11 is 0. The first kappa shape index (κ1) is 11.9. The molecular weight excluding hydrogens is 236 g/mol. The Balaban J connectivity index is 1.43. The van der Waals surface area contributed by atoms with Crippen LogP contribution in [-0.2, 0) is 13.1 Å². The van der Waals surface area contributed by atoms with E-state index in [0.717, 1.165) is 42.0 Å². The predicted molar refractivity (Wildman–Crippen MR) is 73.1 cm³/mol. The van der Waals surface area contributed by atoms with Crippen molar-refractivity contribution in [3.05, 3.63) is 12.2 Å². The molecule has 0 atom stereocenters. The van der Waals surface area contributed by atoms with Crippen molar-refractivity contribution in [2.24, 2.45) is 35.3 Å². The first-order valence-corrected chi connectivity index (χ1v) is 7.90. The second-order valence-electron chi connectivity index (χ2n) is 7.03. The molecule has 5 rings (SSSR count). The summed E-state index contributed by atoms with van der Waals surface area (Å²) in [6.07, 6.45) is 10.8. The minimum Gasteiger partial charge on any atom is -0.324 e. The van der Waals surface area contributed by atoms with Crippen LogP contribution in [-0.4, -0.2) is 14.8 Å². The van der Waals surface area contributed by atoms with Gasteiger partial charge in [-0.3, -0.25) is 0 Å². The zero-order valence-electron chi connectivity index (χ0n) is 11.5. The molecule has 4 heteroatoms. The number of aromatic nitrogens is 3. The molecule has 1 aromatic rings. The minimum atomic E-state index is 0.502. The summed E-state index contributed by atoms with van der Waals surface area (Å²) in [6, 6.07) is 0. The van der Waals surface area contributed by atoms with Gasteiger partial charge in [0.05, 0.1) is 6.54 Å². The summed E-state index contributed by atoms with van der Waals surface area (Å²) in [5.41, 5.74) is 5.70. The summed E-state index contributed by atoms with van der Waals surface area (Å²) in [6.45, 7) is 1.56. The normalized spacial score (nSPS) is 39.9. The highest BCUT2D eigenvalue weighted by molar-refractivity contribution is 4.98. The number of hydrogen-bond acceptors (Lipinski definition) is 3. The highest BCUT2D eigenvalue weighted by Gasteiger charge is 2.47. The van der Waals surface area contributed by atoms with Crippen molar-refractivity contribution in [3.63, 3.8) is 0 Å². The molecule has 0 aliphatic heterocycles. The SMILES string of the molecule is NCc1nncn1CCC1C2CC3CC(C2)CC1C3. The van der Waals surface area contributed by atoms with E-state index in [1.165, 1.54) is 32.1 Å². The number of nitrogens with two attached hydrogens (primary N) is 1. The molecule has 4 nitrogen and oxygen atoms in total. The fourth-order valence-electron chi connectivity index (χ4n) is 5.42. The fourth-order valence-corrected chi connectivity index (χ4v) is 5.42. The van der Waals surface area contributed by atoms with Gasteiger partial charge in [-0.25, -0.2) is 0 Å². The van der Waals surface area contributed by atoms with E-state index in [-0.39, 0.29) is 0 Å². The van der Waals surface area contributed by atoms with Gasteiger partial charge in [0.2, 0.25) is 0 Å². The molecule has 0 aromatic carbocycles. The lowest BCUT2D eigenvalue weighted by atomic mass is 9.51. The molecule has 4 aliphatic rings. The van der Waals surface area contributed by atoms with Crippen molar-refractivity contribution in [1.82, 2.24) is 14.8 Å². The van der Waals surface area contributed by atoms with Crippen LogP contribution in [0.25, 0.3) is 0 Å². The van der Waals surface area contributed by atoms with E-state index in [4.69, 9.17) is 5.73 Å². The first-order chi connectivity index (χ1) is 9.33. The average Bonchev–Trinajstić information content (AvgIpc) is 2.84. The number of aryl methyl sites for hydroxylation is 1. The van der Waals surface area contributed by atoms with Gasteiger partial charge < -0.3 is 10.3 Å². The zero-order valence-corrected chi connectivity index (χ0v) is 11.5. The predicted octanol–water partition coefficient (Wildman–Crippen LogP) is 2.20. The molecule has 4 fully saturated rings. The van der Waals surface area contributed by atoms with Crippen LogP contribution < -0.4 is 5.73 Å². The van der Waals surface area contributed by atoms with E-state index in [1.807, 2.05) is 6.33 Å². The highest BCUT2D eigenvalue weighted by Crippen LogP contribution is 2.57. The molecule has 1 aromatic heterocycles. The molecule has 0 radical (unpaired) electrons. The average molecular weight is 260 g/mol. The molecule has 19 heavy (non-hydrogen) atoms. The third kappa shape index (κ3) is 2.00. The lowest BCUT2D eigenvalue weighted by molar-refractivity contribution is -0.0411. The Morgan fingerprint density at radius 2 is 1.79 bits per heavy atom. The summed E-state index contributed by atoms with van der Waals surface area (Å²) in [5, 5.41) is 8.06. The van der Waals surface area contributed by atoms with Crippen molar-refractivity contribution in [2.45, 2.75) is 51.6 Å². The highest BCUT2D eigenvalue weighted by atomic mass is 15.3. The van der Waals surface area contributed by atoms with Gasteiger partial charge in [0.1, 0.15) is 12.2 Å². The van der Waals surface area contributed by atoms with Crippen LogP contribution in [0.3, 0.4) is 0 Å². The van der Waals surface area contributed by atoms with Crippen LogP contribution in [0.1, 0.15) is 44.3 Å². The molecule has 2 N–H and O–H groups in total. The molecule has 0 saturated heterocycles. The third-order valence-electron chi connectivity index (χ3n) is 6.00. The lowest BCUT2D eigenvalue weighted by Crippen LogP contribution is -2.45. The second-order valence-corrected chi connectivity index (χ2v) is 7.03. The fraction of sp³-hybridized carbons (Fsp3) is 0.867. The van der Waals surface area contributed by atoms with Gasteiger partial charge in [0, 0.05) is 6.54 Å². The zero-order chi connectivity index (χ0) is 12.8. The maximum absolute atomic E-state index is 5.70. The Hall–Kier alpha value is -0.900. The van der Waals surface area contributed by atoms with E-state index in [1.54, 1.807) is 6.42 Å². The Labute approximate surface area is 114 Å². The summed E-state index contributed by atoms with van der Waals surface area (Å²) in [7, 11) is 0. The number of rotatable bonds is 4. The van der Waals surface area contributed by atoms with E-state index < -0.39 is 0 Å². The molecule has 4 saturated carbocycles. The quantitative estimate of drug-likeness (QED) is 0.903. The van der Waals surface area contributed by atoms with Gasteiger partial charge in [-0.1, -0.05) is 0 Å². The molecule has 4 bridgehead atoms. The van der Waals surface area contributed by atoms with E-state index >= 15 is 0 Å². The van der Waals surface area contributed by atoms with Crippen molar-refractivity contribution < 1.29 is 0 Å². The van der Waals surface area contributed by atoms with Gasteiger partial charge in [-0.2, -0.15) is 0 Å². The van der Waals surface area contributed by atoms with Crippen LogP contribution in [0.4, 0.5) is 0 Å². The van der Waals surface area contributed by atoms with Crippen LogP contribution >= 0.6 is 0 Å². The Morgan fingerprint density at radius 3 is 2.42 bits per heavy atom. The van der Waals surface area contributed by atoms with Gasteiger partial charge in [0.15, 0.2) is 0 Å². The molecular formula is C15H24N4. The molecule has 0 unspecified atom stereocenters. The summed E-state index contributed by atoms with van der Waals surface area (Å²) in [4.78, 5) is 0. The third-order valence-corrected chi connectivity index (χ3v) is 6.00. The van der Waals surface area contributed by atoms with Crippen molar-refractivity contribution in [3.8, 4) is 0 Å². The number of hydrogen-bond donors (Lipinski definition) is 1. The maximum atomic E-state index is 5.70. The second kappa shape index (κ2) is 4.58. The number of nitrogens with zero attached hydrogens (tertiary/aromatic N) is 3. The largest absolute Gasteiger partial charge is 0.324 e. The molecule has 104 valence electrons. The summed E-state index contributed by atoms with van der Waals surface area (Å²) in [5.74, 6) is 6.09. The lowest BCUT2D eigenvalue weighted by Gasteiger charge is -2.54. The Bertz CT molecular complexity index is 425.